The van der Waals surface area contributed by atoms with Crippen molar-refractivity contribution in [3.63, 3.8) is 0 Å². The molecule has 2 aromatic heterocycles. The van der Waals surface area contributed by atoms with Crippen LogP contribution in [0.2, 0.25) is 0 Å². The van der Waals surface area contributed by atoms with E-state index in [-0.39, 0.29) is 18.8 Å². The molecule has 0 bridgehead atoms. The summed E-state index contributed by atoms with van der Waals surface area (Å²) in [6, 6.07) is 19.9. The summed E-state index contributed by atoms with van der Waals surface area (Å²) in [6.45, 7) is 10.0. The first-order chi connectivity index (χ1) is 22.6. The lowest BCUT2D eigenvalue weighted by atomic mass is 10.1. The fourth-order valence-corrected chi connectivity index (χ4v) is 7.24. The second-order valence-electron chi connectivity index (χ2n) is 11.7. The summed E-state index contributed by atoms with van der Waals surface area (Å²) in [6.07, 6.45) is 1.78. The highest BCUT2D eigenvalue weighted by Crippen LogP contribution is 2.47. The van der Waals surface area contributed by atoms with Gasteiger partial charge in [-0.1, -0.05) is 67.9 Å². The average molecular weight is 662 g/mol. The molecule has 5 rings (SSSR count). The summed E-state index contributed by atoms with van der Waals surface area (Å²) >= 11 is 0. The molecule has 0 unspecified atom stereocenters. The summed E-state index contributed by atoms with van der Waals surface area (Å²) in [5, 5.41) is 5.44. The average Bonchev–Trinajstić information content (AvgIpc) is 3.43. The standard InChI is InChI=1S/C35H44N5O6P/c1-6-13-26(40-31(22-43-7-2)38-32-33(40)28-17-10-11-18-29(28)37-34(32)36)20-21-44-47(42,39-24(5)35(41)45-23(3)4)46-30-19-12-15-25-14-8-9-16-27(25)30/h8-12,14-19,23-24,26H,6-7,13,20-22H2,1-5H3,(H2,36,37)(H,39,42)/t24-,26-,47-/m0/s1. The number of nitrogens with one attached hydrogen (secondary N) is 1. The van der Waals surface area contributed by atoms with Crippen LogP contribution in [0.1, 0.15) is 65.7 Å². The molecule has 0 amide bonds. The van der Waals surface area contributed by atoms with E-state index in [0.29, 0.717) is 36.7 Å². The van der Waals surface area contributed by atoms with Crippen molar-refractivity contribution < 1.29 is 27.9 Å². The van der Waals surface area contributed by atoms with Crippen molar-refractivity contribution >= 4 is 52.2 Å². The molecule has 0 aliphatic heterocycles. The predicted octanol–water partition coefficient (Wildman–Crippen LogP) is 7.72. The fourth-order valence-electron chi connectivity index (χ4n) is 5.72. The van der Waals surface area contributed by atoms with Gasteiger partial charge in [0.05, 0.1) is 23.7 Å². The summed E-state index contributed by atoms with van der Waals surface area (Å²) < 4.78 is 40.1. The zero-order valence-corrected chi connectivity index (χ0v) is 28.5. The Labute approximate surface area is 275 Å². The highest BCUT2D eigenvalue weighted by molar-refractivity contribution is 7.52. The van der Waals surface area contributed by atoms with Gasteiger partial charge in [-0.05, 0) is 58.1 Å². The number of nitrogens with two attached hydrogens (primary N) is 1. The highest BCUT2D eigenvalue weighted by Gasteiger charge is 2.34. The smallest absolute Gasteiger partial charge is 0.459 e. The molecule has 0 fully saturated rings. The monoisotopic (exact) mass is 661 g/mol. The molecular weight excluding hydrogens is 617 g/mol. The number of fused-ring (bicyclic) bond motifs is 4. The largest absolute Gasteiger partial charge is 0.462 e. The number of anilines is 1. The molecule has 3 N–H and O–H groups in total. The van der Waals surface area contributed by atoms with E-state index in [1.807, 2.05) is 67.6 Å². The Morgan fingerprint density at radius 1 is 0.957 bits per heavy atom. The lowest BCUT2D eigenvalue weighted by molar-refractivity contribution is -0.149. The van der Waals surface area contributed by atoms with Crippen molar-refractivity contribution in [3.8, 4) is 5.75 Å². The van der Waals surface area contributed by atoms with Crippen molar-refractivity contribution in [1.82, 2.24) is 19.6 Å². The molecule has 12 heteroatoms. The van der Waals surface area contributed by atoms with Crippen LogP contribution in [0, 0.1) is 0 Å². The van der Waals surface area contributed by atoms with Crippen LogP contribution < -0.4 is 15.3 Å². The number of pyridine rings is 1. The summed E-state index contributed by atoms with van der Waals surface area (Å²) in [5.74, 6) is 0.893. The van der Waals surface area contributed by atoms with E-state index >= 15 is 0 Å². The van der Waals surface area contributed by atoms with Gasteiger partial charge >= 0.3 is 13.7 Å². The minimum absolute atomic E-state index is 0.0535. The first kappa shape index (κ1) is 34.3. The topological polar surface area (TPSA) is 140 Å². The van der Waals surface area contributed by atoms with E-state index in [1.165, 1.54) is 0 Å². The number of benzene rings is 3. The quantitative estimate of drug-likeness (QED) is 0.0798. The van der Waals surface area contributed by atoms with Gasteiger partial charge in [-0.25, -0.2) is 14.5 Å². The maximum atomic E-state index is 14.5. The van der Waals surface area contributed by atoms with Crippen molar-refractivity contribution in [1.29, 1.82) is 0 Å². The molecule has 5 aromatic rings. The number of hydrogen-bond acceptors (Lipinski definition) is 9. The molecule has 0 saturated heterocycles. The van der Waals surface area contributed by atoms with Gasteiger partial charge in [-0.15, -0.1) is 0 Å². The number of aromatic nitrogens is 3. The second-order valence-corrected chi connectivity index (χ2v) is 13.4. The molecule has 0 aliphatic carbocycles. The summed E-state index contributed by atoms with van der Waals surface area (Å²) in [5.41, 5.74) is 8.69. The van der Waals surface area contributed by atoms with Crippen molar-refractivity contribution in [2.75, 3.05) is 18.9 Å². The molecule has 0 aliphatic rings. The van der Waals surface area contributed by atoms with E-state index in [1.54, 1.807) is 26.8 Å². The SMILES string of the molecule is CCC[C@@H](CCO[P@@](=O)(N[C@@H](C)C(=O)OC(C)C)Oc1cccc2ccccc12)n1c(COCC)nc2c(N)nc3ccccc3c21. The molecule has 3 aromatic carbocycles. The minimum Gasteiger partial charge on any atom is -0.462 e. The van der Waals surface area contributed by atoms with Crippen LogP contribution >= 0.6 is 7.75 Å². The number of nitrogen functional groups attached to an aromatic ring is 1. The lowest BCUT2D eigenvalue weighted by Gasteiger charge is -2.26. The van der Waals surface area contributed by atoms with Crippen molar-refractivity contribution in [2.24, 2.45) is 0 Å². The molecule has 47 heavy (non-hydrogen) atoms. The van der Waals surface area contributed by atoms with E-state index in [0.717, 1.165) is 45.9 Å². The second kappa shape index (κ2) is 15.3. The Morgan fingerprint density at radius 3 is 2.43 bits per heavy atom. The first-order valence-corrected chi connectivity index (χ1v) is 17.7. The third-order valence-corrected chi connectivity index (χ3v) is 9.45. The van der Waals surface area contributed by atoms with Crippen LogP contribution in [-0.2, 0) is 30.0 Å². The summed E-state index contributed by atoms with van der Waals surface area (Å²) in [7, 11) is -4.11. The molecule has 3 atom stereocenters. The van der Waals surface area contributed by atoms with Crippen LogP contribution in [-0.4, -0.2) is 45.9 Å². The van der Waals surface area contributed by atoms with Crippen LogP contribution in [0.5, 0.6) is 5.75 Å². The maximum absolute atomic E-state index is 14.5. The molecule has 2 heterocycles. The Kier molecular flexibility index (Phi) is 11.1. The lowest BCUT2D eigenvalue weighted by Crippen LogP contribution is -2.36. The van der Waals surface area contributed by atoms with Crippen molar-refractivity contribution in [3.05, 3.63) is 72.6 Å². The number of esters is 1. The van der Waals surface area contributed by atoms with Gasteiger partial charge in [0.25, 0.3) is 0 Å². The number of nitrogens with zero attached hydrogens (tertiary/aromatic N) is 3. The van der Waals surface area contributed by atoms with Crippen LogP contribution in [0.25, 0.3) is 32.7 Å². The first-order valence-electron chi connectivity index (χ1n) is 16.2. The van der Waals surface area contributed by atoms with Crippen LogP contribution in [0.4, 0.5) is 5.82 Å². The Hall–Kier alpha value is -4.02. The Bertz CT molecular complexity index is 1890. The van der Waals surface area contributed by atoms with E-state index in [9.17, 15) is 9.36 Å². The van der Waals surface area contributed by atoms with Gasteiger partial charge in [0.2, 0.25) is 0 Å². The Morgan fingerprint density at radius 2 is 1.68 bits per heavy atom. The normalized spacial score (nSPS) is 14.4. The number of hydrogen-bond donors (Lipinski definition) is 2. The minimum atomic E-state index is -4.11. The number of ether oxygens (including phenoxy) is 2. The zero-order valence-electron chi connectivity index (χ0n) is 27.6. The molecule has 0 saturated carbocycles. The van der Waals surface area contributed by atoms with Gasteiger partial charge in [0, 0.05) is 23.4 Å². The maximum Gasteiger partial charge on any atom is 0.459 e. The molecule has 250 valence electrons. The van der Waals surface area contributed by atoms with Gasteiger partial charge in [0.15, 0.2) is 5.82 Å². The highest BCUT2D eigenvalue weighted by atomic mass is 31.2. The van der Waals surface area contributed by atoms with Gasteiger partial charge in [-0.2, -0.15) is 5.09 Å². The number of para-hydroxylation sites is 1. The summed E-state index contributed by atoms with van der Waals surface area (Å²) in [4.78, 5) is 22.2. The van der Waals surface area contributed by atoms with Crippen LogP contribution in [0.3, 0.4) is 0 Å². The third-order valence-electron chi connectivity index (χ3n) is 7.79. The number of carbonyl (C=O) groups excluding carboxylic acids is 1. The zero-order chi connectivity index (χ0) is 33.6. The van der Waals surface area contributed by atoms with Crippen molar-refractivity contribution in [2.45, 2.75) is 78.7 Å². The molecule has 11 nitrogen and oxygen atoms in total. The van der Waals surface area contributed by atoms with Gasteiger partial charge in [-0.3, -0.25) is 9.32 Å². The number of imidazole rings is 1. The molecule has 0 spiro atoms. The Balaban J connectivity index is 1.48. The van der Waals surface area contributed by atoms with Gasteiger partial charge < -0.3 is 24.3 Å². The molecular formula is C35H44N5O6P. The van der Waals surface area contributed by atoms with Crippen LogP contribution in [0.15, 0.2) is 66.7 Å². The number of carbonyl (C=O) groups is 1. The van der Waals surface area contributed by atoms with E-state index in [4.69, 9.17) is 29.2 Å². The van der Waals surface area contributed by atoms with Gasteiger partial charge in [0.1, 0.15) is 29.7 Å². The number of rotatable bonds is 16. The van der Waals surface area contributed by atoms with E-state index in [2.05, 4.69) is 21.6 Å². The predicted molar refractivity (Wildman–Crippen MR) is 185 cm³/mol. The van der Waals surface area contributed by atoms with E-state index < -0.39 is 19.8 Å². The third kappa shape index (κ3) is 7.93. The fraction of sp³-hybridized carbons (Fsp3) is 0.400. The molecule has 0 radical (unpaired) electrons.